The molecule has 0 saturated carbocycles. The molecule has 1 fully saturated rings. The molecule has 0 radical (unpaired) electrons. The van der Waals surface area contributed by atoms with Gasteiger partial charge in [0.1, 0.15) is 5.75 Å². The molecule has 1 heterocycles. The largest absolute Gasteiger partial charge is 0.497 e. The number of methoxy groups -OCH3 is 1. The number of esters is 1. The first-order chi connectivity index (χ1) is 16.0. The highest BCUT2D eigenvalue weighted by Gasteiger charge is 2.53. The average Bonchev–Trinajstić information content (AvgIpc) is 3.27. The average molecular weight is 468 g/mol. The van der Waals surface area contributed by atoms with Crippen molar-refractivity contribution in [2.75, 3.05) is 13.7 Å². The van der Waals surface area contributed by atoms with E-state index in [0.29, 0.717) is 16.9 Å². The second-order valence-corrected chi connectivity index (χ2v) is 9.28. The van der Waals surface area contributed by atoms with Crippen LogP contribution in [0.3, 0.4) is 0 Å². The van der Waals surface area contributed by atoms with Crippen molar-refractivity contribution in [3.05, 3.63) is 96.1 Å². The van der Waals surface area contributed by atoms with Crippen molar-refractivity contribution in [3.8, 4) is 5.75 Å². The highest BCUT2D eigenvalue weighted by molar-refractivity contribution is 7.89. The minimum atomic E-state index is -4.06. The molecule has 1 saturated heterocycles. The number of hydrogen-bond acceptors (Lipinski definition) is 6. The molecule has 3 aromatic rings. The number of ether oxygens (including phenoxy) is 3. The predicted octanol–water partition coefficient (Wildman–Crippen LogP) is 4.09. The summed E-state index contributed by atoms with van der Waals surface area (Å²) in [7, 11) is -2.51. The van der Waals surface area contributed by atoms with Gasteiger partial charge in [-0.1, -0.05) is 60.7 Å². The lowest BCUT2D eigenvalue weighted by Gasteiger charge is -2.28. The molecule has 1 unspecified atom stereocenters. The molecular formula is C25H25NO6S. The van der Waals surface area contributed by atoms with Gasteiger partial charge in [-0.25, -0.2) is 13.2 Å². The number of carbonyl (C=O) groups is 1. The third-order valence-corrected chi connectivity index (χ3v) is 7.29. The molecule has 0 N–H and O–H groups in total. The SMILES string of the molecule is CCOC(=O)[C@H]1OC(c2ccccc2)N(S(=O)(=O)c2ccccc2)[C@@H]1c1ccc(OC)cc1. The van der Waals surface area contributed by atoms with Gasteiger partial charge in [0.2, 0.25) is 10.0 Å². The van der Waals surface area contributed by atoms with Crippen LogP contribution in [0.25, 0.3) is 0 Å². The molecule has 1 aliphatic heterocycles. The maximum absolute atomic E-state index is 13.9. The van der Waals surface area contributed by atoms with Crippen LogP contribution in [-0.4, -0.2) is 38.5 Å². The monoisotopic (exact) mass is 467 g/mol. The summed E-state index contributed by atoms with van der Waals surface area (Å²) in [5.74, 6) is -0.00700. The van der Waals surface area contributed by atoms with Crippen molar-refractivity contribution in [1.29, 1.82) is 0 Å². The van der Waals surface area contributed by atoms with E-state index in [1.54, 1.807) is 80.8 Å². The van der Waals surface area contributed by atoms with E-state index in [0.717, 1.165) is 0 Å². The molecule has 7 nitrogen and oxygen atoms in total. The number of sulfonamides is 1. The van der Waals surface area contributed by atoms with Crippen molar-refractivity contribution in [2.45, 2.75) is 30.2 Å². The quantitative estimate of drug-likeness (QED) is 0.487. The summed E-state index contributed by atoms with van der Waals surface area (Å²) < 4.78 is 45.8. The molecular weight excluding hydrogens is 442 g/mol. The highest BCUT2D eigenvalue weighted by Crippen LogP contribution is 2.47. The summed E-state index contributed by atoms with van der Waals surface area (Å²) in [4.78, 5) is 13.1. The number of nitrogens with zero attached hydrogens (tertiary/aromatic N) is 1. The van der Waals surface area contributed by atoms with Gasteiger partial charge in [-0.2, -0.15) is 4.31 Å². The first kappa shape index (κ1) is 23.0. The summed E-state index contributed by atoms with van der Waals surface area (Å²) in [6.45, 7) is 1.85. The minimum Gasteiger partial charge on any atom is -0.497 e. The molecule has 0 aliphatic carbocycles. The normalized spacial score (nSPS) is 21.0. The van der Waals surface area contributed by atoms with Gasteiger partial charge in [0.25, 0.3) is 0 Å². The van der Waals surface area contributed by atoms with E-state index in [4.69, 9.17) is 14.2 Å². The fourth-order valence-corrected chi connectivity index (χ4v) is 5.62. The molecule has 0 spiro atoms. The summed E-state index contributed by atoms with van der Waals surface area (Å²) >= 11 is 0. The molecule has 1 aliphatic rings. The third-order valence-electron chi connectivity index (χ3n) is 5.45. The molecule has 0 bridgehead atoms. The van der Waals surface area contributed by atoms with Crippen molar-refractivity contribution >= 4 is 16.0 Å². The van der Waals surface area contributed by atoms with Crippen LogP contribution in [0.1, 0.15) is 30.3 Å². The van der Waals surface area contributed by atoms with Gasteiger partial charge in [-0.05, 0) is 42.3 Å². The Bertz CT molecular complexity index is 1180. The van der Waals surface area contributed by atoms with E-state index in [-0.39, 0.29) is 11.5 Å². The van der Waals surface area contributed by atoms with Gasteiger partial charge in [-0.3, -0.25) is 0 Å². The Morgan fingerprint density at radius 1 is 0.909 bits per heavy atom. The first-order valence-electron chi connectivity index (χ1n) is 10.6. The number of rotatable bonds is 7. The van der Waals surface area contributed by atoms with E-state index >= 15 is 0 Å². The molecule has 0 aromatic heterocycles. The summed E-state index contributed by atoms with van der Waals surface area (Å²) in [5, 5.41) is 0. The van der Waals surface area contributed by atoms with Crippen LogP contribution in [0.15, 0.2) is 89.8 Å². The Morgan fingerprint density at radius 3 is 2.09 bits per heavy atom. The minimum absolute atomic E-state index is 0.109. The van der Waals surface area contributed by atoms with Crippen LogP contribution in [-0.2, 0) is 24.3 Å². The maximum Gasteiger partial charge on any atom is 0.337 e. The van der Waals surface area contributed by atoms with Crippen LogP contribution in [0.2, 0.25) is 0 Å². The Hall–Kier alpha value is -3.20. The van der Waals surface area contributed by atoms with Crippen molar-refractivity contribution in [1.82, 2.24) is 4.31 Å². The van der Waals surface area contributed by atoms with Crippen LogP contribution in [0.5, 0.6) is 5.75 Å². The van der Waals surface area contributed by atoms with Gasteiger partial charge in [-0.15, -0.1) is 0 Å². The zero-order chi connectivity index (χ0) is 23.4. The fraction of sp³-hybridized carbons (Fsp3) is 0.240. The van der Waals surface area contributed by atoms with E-state index in [2.05, 4.69) is 0 Å². The van der Waals surface area contributed by atoms with Gasteiger partial charge < -0.3 is 14.2 Å². The van der Waals surface area contributed by atoms with E-state index < -0.39 is 34.4 Å². The highest BCUT2D eigenvalue weighted by atomic mass is 32.2. The zero-order valence-corrected chi connectivity index (χ0v) is 19.1. The number of benzene rings is 3. The standard InChI is InChI=1S/C25H25NO6S/c1-3-31-25(27)23-22(18-14-16-20(30-2)17-15-18)26(24(32-23)19-10-6-4-7-11-19)33(28,29)21-12-8-5-9-13-21/h4-17,22-24H,3H2,1-2H3/t22-,23+,24?/m1/s1. The second kappa shape index (κ2) is 9.74. The summed E-state index contributed by atoms with van der Waals surface area (Å²) in [5.41, 5.74) is 1.20. The first-order valence-corrected chi connectivity index (χ1v) is 12.0. The summed E-state index contributed by atoms with van der Waals surface area (Å²) in [6, 6.07) is 23.1. The zero-order valence-electron chi connectivity index (χ0n) is 18.3. The smallest absolute Gasteiger partial charge is 0.337 e. The fourth-order valence-electron chi connectivity index (χ4n) is 3.92. The van der Waals surface area contributed by atoms with Gasteiger partial charge >= 0.3 is 5.97 Å². The lowest BCUT2D eigenvalue weighted by atomic mass is 10.0. The predicted molar refractivity (Wildman–Crippen MR) is 122 cm³/mol. The molecule has 33 heavy (non-hydrogen) atoms. The Kier molecular flexibility index (Phi) is 6.78. The van der Waals surface area contributed by atoms with Crippen molar-refractivity contribution in [3.63, 3.8) is 0 Å². The van der Waals surface area contributed by atoms with Crippen LogP contribution >= 0.6 is 0 Å². The number of hydrogen-bond donors (Lipinski definition) is 0. The van der Waals surface area contributed by atoms with Gasteiger partial charge in [0.15, 0.2) is 12.3 Å². The summed E-state index contributed by atoms with van der Waals surface area (Å²) in [6.07, 6.45) is -2.17. The topological polar surface area (TPSA) is 82.1 Å². The Labute approximate surface area is 193 Å². The molecule has 3 aromatic carbocycles. The van der Waals surface area contributed by atoms with E-state index in [9.17, 15) is 13.2 Å². The maximum atomic E-state index is 13.9. The molecule has 4 rings (SSSR count). The van der Waals surface area contributed by atoms with E-state index in [1.165, 1.54) is 16.4 Å². The second-order valence-electron chi connectivity index (χ2n) is 7.44. The molecule has 172 valence electrons. The Morgan fingerprint density at radius 2 is 1.52 bits per heavy atom. The number of carbonyl (C=O) groups excluding carboxylic acids is 1. The van der Waals surface area contributed by atoms with Gasteiger partial charge in [0, 0.05) is 0 Å². The lowest BCUT2D eigenvalue weighted by molar-refractivity contribution is -0.156. The lowest BCUT2D eigenvalue weighted by Crippen LogP contribution is -2.37. The molecule has 3 atom stereocenters. The van der Waals surface area contributed by atoms with Crippen molar-refractivity contribution in [2.24, 2.45) is 0 Å². The van der Waals surface area contributed by atoms with Crippen LogP contribution in [0, 0.1) is 0 Å². The third kappa shape index (κ3) is 4.50. The van der Waals surface area contributed by atoms with Crippen LogP contribution < -0.4 is 4.74 Å². The van der Waals surface area contributed by atoms with Crippen molar-refractivity contribution < 1.29 is 27.4 Å². The Balaban J connectivity index is 1.90. The van der Waals surface area contributed by atoms with Gasteiger partial charge in [0.05, 0.1) is 24.7 Å². The molecule has 0 amide bonds. The molecule has 8 heteroatoms. The van der Waals surface area contributed by atoms with E-state index in [1.807, 2.05) is 6.07 Å². The van der Waals surface area contributed by atoms with Crippen LogP contribution in [0.4, 0.5) is 0 Å².